The average Bonchev–Trinajstić information content (AvgIpc) is 3.01. The number of benzene rings is 1. The molecular formula is C18H17BrFN3O3S. The molecule has 2 aromatic heterocycles. The van der Waals surface area contributed by atoms with Crippen LogP contribution >= 0.6 is 27.3 Å². The number of amides is 1. The normalized spacial score (nSPS) is 11.0. The number of aliphatic hydroxyl groups excluding tert-OH is 1. The molecule has 1 amide bonds. The van der Waals surface area contributed by atoms with E-state index in [0.717, 1.165) is 14.7 Å². The monoisotopic (exact) mass is 453 g/mol. The number of hydrogen-bond acceptors (Lipinski definition) is 6. The Morgan fingerprint density at radius 3 is 2.96 bits per heavy atom. The summed E-state index contributed by atoms with van der Waals surface area (Å²) >= 11 is 4.67. The fourth-order valence-corrected chi connectivity index (χ4v) is 4.01. The highest BCUT2D eigenvalue weighted by atomic mass is 79.9. The van der Waals surface area contributed by atoms with Gasteiger partial charge in [0.05, 0.1) is 27.2 Å². The van der Waals surface area contributed by atoms with Crippen LogP contribution in [0, 0.1) is 12.7 Å². The highest BCUT2D eigenvalue weighted by Crippen LogP contribution is 2.40. The lowest BCUT2D eigenvalue weighted by Gasteiger charge is -2.10. The number of rotatable bonds is 7. The molecule has 0 spiro atoms. The van der Waals surface area contributed by atoms with Crippen molar-refractivity contribution in [2.24, 2.45) is 0 Å². The lowest BCUT2D eigenvalue weighted by Crippen LogP contribution is -2.24. The minimum absolute atomic E-state index is 0.0309. The number of carbonyl (C=O) groups is 1. The van der Waals surface area contributed by atoms with Gasteiger partial charge in [-0.3, -0.25) is 14.6 Å². The van der Waals surface area contributed by atoms with Gasteiger partial charge in [0.15, 0.2) is 0 Å². The number of hydrogen-bond donors (Lipinski definition) is 3. The molecule has 3 aromatic rings. The summed E-state index contributed by atoms with van der Waals surface area (Å²) in [6.45, 7) is 1.96. The standard InChI is InChI=1S/C18H17BrFN3O3S/c1-10-3-4-14(13(20)7-10)22-15-11-8-21-9-12(19)16(11)27-17(15)18(25)23-26-6-2-5-24/h3-4,7-9,22,24H,2,5-6H2,1H3,(H,23,25). The summed E-state index contributed by atoms with van der Waals surface area (Å²) in [6.07, 6.45) is 3.66. The van der Waals surface area contributed by atoms with Crippen molar-refractivity contribution >= 4 is 54.6 Å². The van der Waals surface area contributed by atoms with Crippen molar-refractivity contribution in [1.82, 2.24) is 10.5 Å². The first-order valence-corrected chi connectivity index (χ1v) is 9.74. The van der Waals surface area contributed by atoms with Crippen molar-refractivity contribution < 1.29 is 19.1 Å². The Labute approximate surface area is 167 Å². The number of fused-ring (bicyclic) bond motifs is 1. The number of aromatic nitrogens is 1. The van der Waals surface area contributed by atoms with E-state index in [9.17, 15) is 9.18 Å². The predicted octanol–water partition coefficient (Wildman–Crippen LogP) is 4.29. The first-order valence-electron chi connectivity index (χ1n) is 8.13. The van der Waals surface area contributed by atoms with Crippen LogP contribution in [-0.2, 0) is 4.84 Å². The number of thiophene rings is 1. The summed E-state index contributed by atoms with van der Waals surface area (Å²) in [6, 6.07) is 4.83. The van der Waals surface area contributed by atoms with Crippen LogP contribution in [0.4, 0.5) is 15.8 Å². The van der Waals surface area contributed by atoms with E-state index in [1.807, 2.05) is 0 Å². The van der Waals surface area contributed by atoms with Crippen LogP contribution in [0.2, 0.25) is 0 Å². The van der Waals surface area contributed by atoms with Gasteiger partial charge in [-0.05, 0) is 47.0 Å². The van der Waals surface area contributed by atoms with E-state index in [1.54, 1.807) is 31.5 Å². The molecule has 0 unspecified atom stereocenters. The molecule has 3 rings (SSSR count). The molecule has 0 radical (unpaired) electrons. The molecule has 0 bridgehead atoms. The second-order valence-electron chi connectivity index (χ2n) is 5.77. The Morgan fingerprint density at radius 2 is 2.22 bits per heavy atom. The summed E-state index contributed by atoms with van der Waals surface area (Å²) in [5.74, 6) is -0.876. The maximum Gasteiger partial charge on any atom is 0.287 e. The summed E-state index contributed by atoms with van der Waals surface area (Å²) in [4.78, 5) is 22.1. The Kier molecular flexibility index (Phi) is 6.38. The largest absolute Gasteiger partial charge is 0.396 e. The second kappa shape index (κ2) is 8.75. The smallest absolute Gasteiger partial charge is 0.287 e. The molecule has 0 fully saturated rings. The van der Waals surface area contributed by atoms with E-state index >= 15 is 0 Å². The molecule has 142 valence electrons. The van der Waals surface area contributed by atoms with Gasteiger partial charge in [-0.1, -0.05) is 6.07 Å². The number of aliphatic hydroxyl groups is 1. The maximum atomic E-state index is 14.3. The fourth-order valence-electron chi connectivity index (χ4n) is 2.42. The SMILES string of the molecule is Cc1ccc(Nc2c(C(=O)NOCCCO)sc3c(Br)cncc23)c(F)c1. The molecule has 9 heteroatoms. The first-order chi connectivity index (χ1) is 13.0. The van der Waals surface area contributed by atoms with Crippen LogP contribution in [0.25, 0.3) is 10.1 Å². The highest BCUT2D eigenvalue weighted by Gasteiger charge is 2.21. The number of nitrogens with zero attached hydrogens (tertiary/aromatic N) is 1. The topological polar surface area (TPSA) is 83.5 Å². The fraction of sp³-hybridized carbons (Fsp3) is 0.222. The molecule has 0 saturated heterocycles. The van der Waals surface area contributed by atoms with Gasteiger partial charge in [-0.2, -0.15) is 0 Å². The van der Waals surface area contributed by atoms with E-state index in [0.29, 0.717) is 22.4 Å². The molecule has 0 aliphatic rings. The van der Waals surface area contributed by atoms with Crippen molar-refractivity contribution in [2.75, 3.05) is 18.5 Å². The number of carbonyl (C=O) groups excluding carboxylic acids is 1. The molecule has 2 heterocycles. The van der Waals surface area contributed by atoms with Crippen LogP contribution in [-0.4, -0.2) is 29.2 Å². The molecule has 0 aliphatic heterocycles. The van der Waals surface area contributed by atoms with E-state index in [2.05, 4.69) is 31.7 Å². The van der Waals surface area contributed by atoms with E-state index in [4.69, 9.17) is 9.94 Å². The van der Waals surface area contributed by atoms with Crippen molar-refractivity contribution in [3.8, 4) is 0 Å². The minimum Gasteiger partial charge on any atom is -0.396 e. The maximum absolute atomic E-state index is 14.3. The molecule has 0 aliphatic carbocycles. The lowest BCUT2D eigenvalue weighted by atomic mass is 10.2. The van der Waals surface area contributed by atoms with Gasteiger partial charge in [-0.15, -0.1) is 11.3 Å². The third kappa shape index (κ3) is 4.44. The molecular weight excluding hydrogens is 437 g/mol. The van der Waals surface area contributed by atoms with Gasteiger partial charge in [0, 0.05) is 24.4 Å². The zero-order chi connectivity index (χ0) is 19.4. The third-order valence-corrected chi connectivity index (χ3v) is 5.81. The van der Waals surface area contributed by atoms with Gasteiger partial charge < -0.3 is 10.4 Å². The average molecular weight is 454 g/mol. The van der Waals surface area contributed by atoms with E-state index < -0.39 is 11.7 Å². The number of hydroxylamine groups is 1. The Balaban J connectivity index is 1.98. The summed E-state index contributed by atoms with van der Waals surface area (Å²) < 4.78 is 15.8. The van der Waals surface area contributed by atoms with Crippen LogP contribution in [0.3, 0.4) is 0 Å². The van der Waals surface area contributed by atoms with Gasteiger partial charge in [0.2, 0.25) is 0 Å². The van der Waals surface area contributed by atoms with Crippen LogP contribution in [0.1, 0.15) is 21.7 Å². The van der Waals surface area contributed by atoms with Crippen molar-refractivity contribution in [3.63, 3.8) is 0 Å². The minimum atomic E-state index is -0.462. The molecule has 6 nitrogen and oxygen atoms in total. The summed E-state index contributed by atoms with van der Waals surface area (Å²) in [5, 5.41) is 12.5. The Bertz CT molecular complexity index is 980. The Morgan fingerprint density at radius 1 is 1.41 bits per heavy atom. The highest BCUT2D eigenvalue weighted by molar-refractivity contribution is 9.10. The summed E-state index contributed by atoms with van der Waals surface area (Å²) in [7, 11) is 0. The number of nitrogens with one attached hydrogen (secondary N) is 2. The van der Waals surface area contributed by atoms with Gasteiger partial charge >= 0.3 is 0 Å². The second-order valence-corrected chi connectivity index (χ2v) is 7.64. The molecule has 0 atom stereocenters. The Hall–Kier alpha value is -2.07. The quantitative estimate of drug-likeness (QED) is 0.367. The number of halogens is 2. The van der Waals surface area contributed by atoms with Crippen LogP contribution < -0.4 is 10.8 Å². The number of pyridine rings is 1. The number of anilines is 2. The van der Waals surface area contributed by atoms with E-state index in [-0.39, 0.29) is 18.9 Å². The van der Waals surface area contributed by atoms with Crippen molar-refractivity contribution in [1.29, 1.82) is 0 Å². The third-order valence-electron chi connectivity index (χ3n) is 3.71. The number of aryl methyl sites for hydroxylation is 1. The van der Waals surface area contributed by atoms with E-state index in [1.165, 1.54) is 17.4 Å². The van der Waals surface area contributed by atoms with Crippen molar-refractivity contribution in [2.45, 2.75) is 13.3 Å². The zero-order valence-corrected chi connectivity index (χ0v) is 16.8. The zero-order valence-electron chi connectivity index (χ0n) is 14.4. The molecule has 3 N–H and O–H groups in total. The van der Waals surface area contributed by atoms with Gasteiger partial charge in [-0.25, -0.2) is 9.87 Å². The first kappa shape index (κ1) is 19.7. The van der Waals surface area contributed by atoms with Crippen molar-refractivity contribution in [3.05, 3.63) is 51.3 Å². The molecule has 0 saturated carbocycles. The van der Waals surface area contributed by atoms with Gasteiger partial charge in [0.1, 0.15) is 10.7 Å². The van der Waals surface area contributed by atoms with Gasteiger partial charge in [0.25, 0.3) is 5.91 Å². The van der Waals surface area contributed by atoms with Crippen LogP contribution in [0.5, 0.6) is 0 Å². The summed E-state index contributed by atoms with van der Waals surface area (Å²) in [5.41, 5.74) is 3.87. The van der Waals surface area contributed by atoms with Crippen LogP contribution in [0.15, 0.2) is 35.1 Å². The molecule has 27 heavy (non-hydrogen) atoms. The predicted molar refractivity (Wildman–Crippen MR) is 107 cm³/mol. The lowest BCUT2D eigenvalue weighted by molar-refractivity contribution is 0.0266. The molecule has 1 aromatic carbocycles.